The van der Waals surface area contributed by atoms with Crippen LogP contribution in [0.1, 0.15) is 31.4 Å². The van der Waals surface area contributed by atoms with Gasteiger partial charge in [-0.25, -0.2) is 0 Å². The molecule has 0 atom stereocenters. The van der Waals surface area contributed by atoms with E-state index in [0.29, 0.717) is 0 Å². The Balaban J connectivity index is 2.47. The summed E-state index contributed by atoms with van der Waals surface area (Å²) >= 11 is 1.97. The second kappa shape index (κ2) is 9.29. The van der Waals surface area contributed by atoms with Crippen LogP contribution in [0.2, 0.25) is 0 Å². The van der Waals surface area contributed by atoms with E-state index in [2.05, 4.69) is 44.3 Å². The Bertz CT molecular complexity index is 341. The number of hydrogen-bond donors (Lipinski definition) is 1. The molecule has 1 rings (SSSR count). The van der Waals surface area contributed by atoms with Gasteiger partial charge in [0.1, 0.15) is 5.75 Å². The highest BCUT2D eigenvalue weighted by atomic mass is 32.2. The minimum atomic E-state index is 0.815. The van der Waals surface area contributed by atoms with Crippen molar-refractivity contribution in [2.75, 3.05) is 24.7 Å². The van der Waals surface area contributed by atoms with E-state index in [-0.39, 0.29) is 0 Å². The molecule has 1 N–H and O–H groups in total. The van der Waals surface area contributed by atoms with Crippen LogP contribution >= 0.6 is 11.8 Å². The van der Waals surface area contributed by atoms with E-state index >= 15 is 0 Å². The molecule has 3 heteroatoms. The van der Waals surface area contributed by atoms with Crippen LogP contribution in [0.25, 0.3) is 0 Å². The Hall–Kier alpha value is -0.670. The van der Waals surface area contributed by atoms with Crippen molar-refractivity contribution in [3.8, 4) is 5.75 Å². The van der Waals surface area contributed by atoms with Crippen molar-refractivity contribution < 1.29 is 4.74 Å². The van der Waals surface area contributed by atoms with Gasteiger partial charge in [0.25, 0.3) is 0 Å². The molecule has 0 fully saturated rings. The van der Waals surface area contributed by atoms with E-state index in [4.69, 9.17) is 4.74 Å². The molecule has 18 heavy (non-hydrogen) atoms. The Morgan fingerprint density at radius 1 is 1.28 bits per heavy atom. The van der Waals surface area contributed by atoms with Crippen LogP contribution in [-0.2, 0) is 6.54 Å². The third-order valence-corrected chi connectivity index (χ3v) is 3.66. The summed E-state index contributed by atoms with van der Waals surface area (Å²) < 4.78 is 5.88. The lowest BCUT2D eigenvalue weighted by Crippen LogP contribution is -2.13. The predicted octanol–water partition coefficient (Wildman–Crippen LogP) is 3.63. The number of thioether (sulfide) groups is 1. The summed E-state index contributed by atoms with van der Waals surface area (Å²) in [6.45, 7) is 9.13. The molecule has 2 nitrogen and oxygen atoms in total. The van der Waals surface area contributed by atoms with Crippen LogP contribution in [0, 0.1) is 6.92 Å². The van der Waals surface area contributed by atoms with Gasteiger partial charge in [-0.05, 0) is 37.5 Å². The van der Waals surface area contributed by atoms with Crippen molar-refractivity contribution in [2.24, 2.45) is 0 Å². The van der Waals surface area contributed by atoms with Gasteiger partial charge < -0.3 is 10.1 Å². The van der Waals surface area contributed by atoms with Crippen LogP contribution in [0.5, 0.6) is 5.75 Å². The molecule has 0 radical (unpaired) electrons. The second-order valence-electron chi connectivity index (χ2n) is 4.29. The fourth-order valence-corrected chi connectivity index (χ4v) is 2.34. The lowest BCUT2D eigenvalue weighted by atomic mass is 10.1. The maximum atomic E-state index is 5.88. The van der Waals surface area contributed by atoms with Crippen molar-refractivity contribution in [2.45, 2.75) is 33.7 Å². The first-order valence-electron chi connectivity index (χ1n) is 6.78. The molecule has 0 aromatic heterocycles. The number of aryl methyl sites for hydroxylation is 1. The van der Waals surface area contributed by atoms with Crippen molar-refractivity contribution in [3.05, 3.63) is 29.3 Å². The predicted molar refractivity (Wildman–Crippen MR) is 81.7 cm³/mol. The maximum absolute atomic E-state index is 5.88. The summed E-state index contributed by atoms with van der Waals surface area (Å²) in [5.74, 6) is 3.41. The van der Waals surface area contributed by atoms with Crippen LogP contribution in [-0.4, -0.2) is 24.7 Å². The average molecular weight is 267 g/mol. The SMILES string of the molecule is CCNCc1cc(C)ccc1OCCCSCC. The van der Waals surface area contributed by atoms with Crippen LogP contribution in [0.4, 0.5) is 0 Å². The molecular formula is C15H25NOS. The van der Waals surface area contributed by atoms with Crippen LogP contribution in [0.15, 0.2) is 18.2 Å². The molecule has 0 saturated heterocycles. The fraction of sp³-hybridized carbons (Fsp3) is 0.600. The van der Waals surface area contributed by atoms with Gasteiger partial charge in [0, 0.05) is 12.1 Å². The molecule has 0 unspecified atom stereocenters. The smallest absolute Gasteiger partial charge is 0.123 e. The van der Waals surface area contributed by atoms with E-state index in [0.717, 1.165) is 31.9 Å². The highest BCUT2D eigenvalue weighted by Crippen LogP contribution is 2.20. The van der Waals surface area contributed by atoms with Gasteiger partial charge in [-0.2, -0.15) is 11.8 Å². The van der Waals surface area contributed by atoms with E-state index in [9.17, 15) is 0 Å². The highest BCUT2D eigenvalue weighted by Gasteiger charge is 2.03. The maximum Gasteiger partial charge on any atom is 0.123 e. The monoisotopic (exact) mass is 267 g/mol. The number of nitrogens with one attached hydrogen (secondary N) is 1. The van der Waals surface area contributed by atoms with Crippen LogP contribution < -0.4 is 10.1 Å². The van der Waals surface area contributed by atoms with E-state index in [1.54, 1.807) is 0 Å². The van der Waals surface area contributed by atoms with E-state index in [1.807, 2.05) is 11.8 Å². The molecule has 0 aliphatic heterocycles. The fourth-order valence-electron chi connectivity index (χ4n) is 1.73. The molecule has 0 aliphatic carbocycles. The zero-order chi connectivity index (χ0) is 13.2. The topological polar surface area (TPSA) is 21.3 Å². The Labute approximate surface area is 116 Å². The minimum Gasteiger partial charge on any atom is -0.493 e. The normalized spacial score (nSPS) is 10.6. The molecule has 0 saturated carbocycles. The quantitative estimate of drug-likeness (QED) is 0.690. The first kappa shape index (κ1) is 15.4. The van der Waals surface area contributed by atoms with Crippen LogP contribution in [0.3, 0.4) is 0 Å². The Morgan fingerprint density at radius 2 is 2.11 bits per heavy atom. The van der Waals surface area contributed by atoms with Gasteiger partial charge >= 0.3 is 0 Å². The molecular weight excluding hydrogens is 242 g/mol. The zero-order valence-electron chi connectivity index (χ0n) is 11.8. The number of benzene rings is 1. The molecule has 0 spiro atoms. The van der Waals surface area contributed by atoms with Crippen molar-refractivity contribution in [1.82, 2.24) is 5.32 Å². The summed E-state index contributed by atoms with van der Waals surface area (Å²) in [6.07, 6.45) is 1.12. The molecule has 0 heterocycles. The summed E-state index contributed by atoms with van der Waals surface area (Å²) in [5, 5.41) is 3.36. The Morgan fingerprint density at radius 3 is 2.83 bits per heavy atom. The van der Waals surface area contributed by atoms with E-state index in [1.165, 1.54) is 22.6 Å². The second-order valence-corrected chi connectivity index (χ2v) is 5.68. The van der Waals surface area contributed by atoms with Crippen molar-refractivity contribution >= 4 is 11.8 Å². The molecule has 0 aliphatic rings. The zero-order valence-corrected chi connectivity index (χ0v) is 12.6. The van der Waals surface area contributed by atoms with Gasteiger partial charge in [0.05, 0.1) is 6.61 Å². The number of ether oxygens (including phenoxy) is 1. The first-order chi connectivity index (χ1) is 8.77. The largest absolute Gasteiger partial charge is 0.493 e. The van der Waals surface area contributed by atoms with Gasteiger partial charge in [-0.15, -0.1) is 0 Å². The average Bonchev–Trinajstić information content (AvgIpc) is 2.38. The summed E-state index contributed by atoms with van der Waals surface area (Å²) in [5.41, 5.74) is 2.55. The van der Waals surface area contributed by atoms with E-state index < -0.39 is 0 Å². The molecule has 0 amide bonds. The van der Waals surface area contributed by atoms with Gasteiger partial charge in [-0.3, -0.25) is 0 Å². The van der Waals surface area contributed by atoms with Crippen molar-refractivity contribution in [3.63, 3.8) is 0 Å². The standard InChI is InChI=1S/C15H25NOS/c1-4-16-12-14-11-13(3)7-8-15(14)17-9-6-10-18-5-2/h7-8,11,16H,4-6,9-10,12H2,1-3H3. The highest BCUT2D eigenvalue weighted by molar-refractivity contribution is 7.99. The summed E-state index contributed by atoms with van der Waals surface area (Å²) in [6, 6.07) is 6.42. The third kappa shape index (κ3) is 5.78. The summed E-state index contributed by atoms with van der Waals surface area (Å²) in [7, 11) is 0. The van der Waals surface area contributed by atoms with Gasteiger partial charge in [-0.1, -0.05) is 31.5 Å². The number of hydrogen-bond acceptors (Lipinski definition) is 3. The summed E-state index contributed by atoms with van der Waals surface area (Å²) in [4.78, 5) is 0. The molecule has 1 aromatic carbocycles. The van der Waals surface area contributed by atoms with Gasteiger partial charge in [0.2, 0.25) is 0 Å². The van der Waals surface area contributed by atoms with Gasteiger partial charge in [0.15, 0.2) is 0 Å². The van der Waals surface area contributed by atoms with Crippen molar-refractivity contribution in [1.29, 1.82) is 0 Å². The first-order valence-corrected chi connectivity index (χ1v) is 7.94. The molecule has 0 bridgehead atoms. The molecule has 1 aromatic rings. The number of rotatable bonds is 9. The molecule has 102 valence electrons. The minimum absolute atomic E-state index is 0.815. The Kier molecular flexibility index (Phi) is 7.94. The lowest BCUT2D eigenvalue weighted by Gasteiger charge is -2.12. The lowest BCUT2D eigenvalue weighted by molar-refractivity contribution is 0.314. The third-order valence-electron chi connectivity index (χ3n) is 2.68.